The van der Waals surface area contributed by atoms with Gasteiger partial charge in [-0.25, -0.2) is 0 Å². The van der Waals surface area contributed by atoms with Gasteiger partial charge in [0.25, 0.3) is 6.47 Å². The van der Waals surface area contributed by atoms with Gasteiger partial charge in [0.15, 0.2) is 0 Å². The zero-order chi connectivity index (χ0) is 30.7. The average Bonchev–Trinajstić information content (AvgIpc) is 2.97. The van der Waals surface area contributed by atoms with Crippen LogP contribution >= 0.6 is 0 Å². The van der Waals surface area contributed by atoms with Gasteiger partial charge in [0.2, 0.25) is 0 Å². The number of carboxylic acid groups (broad SMARTS) is 1. The number of carbonyl (C=O) groups excluding carboxylic acids is 1. The van der Waals surface area contributed by atoms with Gasteiger partial charge in [-0.3, -0.25) is 9.59 Å². The van der Waals surface area contributed by atoms with Crippen molar-refractivity contribution in [3.63, 3.8) is 0 Å². The van der Waals surface area contributed by atoms with Crippen LogP contribution in [0.4, 0.5) is 0 Å². The molecular formula is C36H66O5. The lowest BCUT2D eigenvalue weighted by Crippen LogP contribution is -2.26. The lowest BCUT2D eigenvalue weighted by Gasteiger charge is -2.38. The van der Waals surface area contributed by atoms with Crippen molar-refractivity contribution in [2.75, 3.05) is 20.3 Å². The lowest BCUT2D eigenvalue weighted by molar-refractivity contribution is -0.122. The second kappa shape index (κ2) is 27.4. The van der Waals surface area contributed by atoms with Crippen LogP contribution in [0.5, 0.6) is 0 Å². The maximum absolute atomic E-state index is 9.48. The second-order valence-electron chi connectivity index (χ2n) is 12.9. The van der Waals surface area contributed by atoms with Crippen LogP contribution in [-0.4, -0.2) is 43.3 Å². The van der Waals surface area contributed by atoms with E-state index in [9.17, 15) is 4.79 Å². The number of carbonyl (C=O) groups is 2. The summed E-state index contributed by atoms with van der Waals surface area (Å²) >= 11 is 0. The van der Waals surface area contributed by atoms with E-state index in [0.29, 0.717) is 12.2 Å². The van der Waals surface area contributed by atoms with Crippen LogP contribution in [0, 0.1) is 29.6 Å². The topological polar surface area (TPSA) is 83.8 Å². The fourth-order valence-electron chi connectivity index (χ4n) is 6.99. The van der Waals surface area contributed by atoms with E-state index in [1.54, 1.807) is 25.7 Å². The Morgan fingerprint density at radius 2 is 1.29 bits per heavy atom. The molecule has 41 heavy (non-hydrogen) atoms. The van der Waals surface area contributed by atoms with Crippen molar-refractivity contribution in [2.24, 2.45) is 29.6 Å². The number of hydrogen-bond donors (Lipinski definition) is 2. The molecule has 0 aromatic heterocycles. The highest BCUT2D eigenvalue weighted by atomic mass is 16.5. The number of rotatable bonds is 19. The smallest absolute Gasteiger partial charge is 0.290 e. The summed E-state index contributed by atoms with van der Waals surface area (Å²) < 4.78 is 5.44. The summed E-state index contributed by atoms with van der Waals surface area (Å²) in [4.78, 5) is 17.8. The maximum Gasteiger partial charge on any atom is 0.290 e. The van der Waals surface area contributed by atoms with Crippen LogP contribution in [0.3, 0.4) is 0 Å². The number of ether oxygens (including phenoxy) is 1. The molecule has 5 nitrogen and oxygen atoms in total. The summed E-state index contributed by atoms with van der Waals surface area (Å²) in [5.41, 5.74) is 1.53. The Bertz CT molecular complexity index is 644. The molecule has 2 fully saturated rings. The molecular weight excluding hydrogens is 512 g/mol. The third kappa shape index (κ3) is 21.8. The molecule has 1 atom stereocenters. The predicted octanol–water partition coefficient (Wildman–Crippen LogP) is 9.57. The molecule has 2 aliphatic rings. The molecule has 0 heterocycles. The Labute approximate surface area is 253 Å². The third-order valence-electron chi connectivity index (χ3n) is 9.30. The zero-order valence-electron chi connectivity index (χ0n) is 27.1. The molecule has 0 aromatic rings. The van der Waals surface area contributed by atoms with Gasteiger partial charge < -0.3 is 14.9 Å². The molecule has 240 valence electrons. The van der Waals surface area contributed by atoms with Gasteiger partial charge in [0.05, 0.1) is 6.61 Å². The highest BCUT2D eigenvalue weighted by molar-refractivity contribution is 5.72. The van der Waals surface area contributed by atoms with E-state index in [4.69, 9.17) is 19.7 Å². The maximum atomic E-state index is 9.48. The Morgan fingerprint density at radius 3 is 1.68 bits per heavy atom. The van der Waals surface area contributed by atoms with Crippen LogP contribution in [0.15, 0.2) is 24.3 Å². The highest BCUT2D eigenvalue weighted by Crippen LogP contribution is 2.43. The molecule has 2 N–H and O–H groups in total. The number of hydrogen-bond acceptors (Lipinski definition) is 4. The first-order chi connectivity index (χ1) is 19.8. The van der Waals surface area contributed by atoms with E-state index in [0.717, 1.165) is 36.7 Å². The van der Waals surface area contributed by atoms with Crippen LogP contribution in [0.2, 0.25) is 0 Å². The molecule has 1 unspecified atom stereocenters. The van der Waals surface area contributed by atoms with Crippen molar-refractivity contribution in [1.82, 2.24) is 0 Å². The van der Waals surface area contributed by atoms with Crippen LogP contribution < -0.4 is 0 Å². The van der Waals surface area contributed by atoms with Gasteiger partial charge in [-0.1, -0.05) is 109 Å². The normalized spacial score (nSPS) is 22.7. The quantitative estimate of drug-likeness (QED) is 0.0690. The first-order valence-electron chi connectivity index (χ1n) is 16.8. The van der Waals surface area contributed by atoms with Gasteiger partial charge in [0, 0.05) is 19.3 Å². The molecule has 0 aromatic carbocycles. The molecule has 0 amide bonds. The second-order valence-corrected chi connectivity index (χ2v) is 12.9. The first-order valence-corrected chi connectivity index (χ1v) is 16.8. The standard InChI is InChI=1S/C31H58O.C4H6O2.CH2O2/c1-5-6-7-8-9-10-11-13-27-16-20-30(21-17-27)31-22-18-28(19-23-31)14-12-15-29(25-32-4)24-26(2)3;1-4(2-5)3-6;2-1-3/h27-31H,2,5-25H2,1,3-4H3;2,6H,1,3H2;1H,(H,2,3). The van der Waals surface area contributed by atoms with Crippen LogP contribution in [0.1, 0.15) is 142 Å². The summed E-state index contributed by atoms with van der Waals surface area (Å²) in [5, 5.41) is 14.9. The third-order valence-corrected chi connectivity index (χ3v) is 9.30. The monoisotopic (exact) mass is 578 g/mol. The van der Waals surface area contributed by atoms with Crippen molar-refractivity contribution >= 4 is 12.8 Å². The molecule has 2 rings (SSSR count). The van der Waals surface area contributed by atoms with Crippen LogP contribution in [0.25, 0.3) is 0 Å². The molecule has 0 spiro atoms. The largest absolute Gasteiger partial charge is 0.483 e. The SMILES string of the molecule is C=C(C)CC(CCCC1CCC(C2CCC(CCCCCCCCC)CC2)CC1)COC.C=C(C=O)CO.O=CO. The Morgan fingerprint density at radius 1 is 0.829 bits per heavy atom. The Kier molecular flexibility index (Phi) is 26.4. The fourth-order valence-corrected chi connectivity index (χ4v) is 6.99. The Hall–Kier alpha value is -1.46. The molecule has 5 heteroatoms. The molecule has 2 saturated carbocycles. The van der Waals surface area contributed by atoms with Gasteiger partial charge in [-0.15, -0.1) is 6.58 Å². The van der Waals surface area contributed by atoms with Crippen molar-refractivity contribution in [3.8, 4) is 0 Å². The van der Waals surface area contributed by atoms with Gasteiger partial charge in [-0.2, -0.15) is 0 Å². The van der Waals surface area contributed by atoms with E-state index < -0.39 is 0 Å². The van der Waals surface area contributed by atoms with E-state index in [-0.39, 0.29) is 18.7 Å². The minimum atomic E-state index is -0.250. The lowest BCUT2D eigenvalue weighted by atomic mass is 9.68. The number of aliphatic hydroxyl groups is 1. The molecule has 0 radical (unpaired) electrons. The summed E-state index contributed by atoms with van der Waals surface area (Å²) in [5.74, 6) is 4.90. The van der Waals surface area contributed by atoms with Crippen molar-refractivity contribution in [3.05, 3.63) is 24.3 Å². The summed E-state index contributed by atoms with van der Waals surface area (Å²) in [6, 6.07) is 0. The van der Waals surface area contributed by atoms with Crippen molar-refractivity contribution in [1.29, 1.82) is 0 Å². The van der Waals surface area contributed by atoms with Gasteiger partial charge in [-0.05, 0) is 75.0 Å². The van der Waals surface area contributed by atoms with Crippen molar-refractivity contribution in [2.45, 2.75) is 142 Å². The molecule has 2 aliphatic carbocycles. The van der Waals surface area contributed by atoms with Gasteiger partial charge in [0.1, 0.15) is 6.29 Å². The molecule has 0 saturated heterocycles. The predicted molar refractivity (Wildman–Crippen MR) is 173 cm³/mol. The van der Waals surface area contributed by atoms with Crippen LogP contribution in [-0.2, 0) is 14.3 Å². The molecule has 0 aliphatic heterocycles. The molecule has 0 bridgehead atoms. The minimum absolute atomic E-state index is 0.218. The number of aliphatic hydroxyl groups excluding tert-OH is 1. The summed E-state index contributed by atoms with van der Waals surface area (Å²) in [6.07, 6.45) is 29.9. The van der Waals surface area contributed by atoms with E-state index in [1.807, 2.05) is 7.11 Å². The first kappa shape index (κ1) is 39.5. The van der Waals surface area contributed by atoms with E-state index >= 15 is 0 Å². The number of aldehydes is 1. The van der Waals surface area contributed by atoms with E-state index in [1.165, 1.54) is 102 Å². The zero-order valence-corrected chi connectivity index (χ0v) is 27.1. The minimum Gasteiger partial charge on any atom is -0.483 e. The van der Waals surface area contributed by atoms with E-state index in [2.05, 4.69) is 27.0 Å². The average molecular weight is 579 g/mol. The van der Waals surface area contributed by atoms with Gasteiger partial charge >= 0.3 is 0 Å². The number of methoxy groups -OCH3 is 1. The fraction of sp³-hybridized carbons (Fsp3) is 0.833. The Balaban J connectivity index is 0.00000154. The van der Waals surface area contributed by atoms with Crippen molar-refractivity contribution < 1.29 is 24.5 Å². The summed E-state index contributed by atoms with van der Waals surface area (Å²) in [7, 11) is 1.84. The summed E-state index contributed by atoms with van der Waals surface area (Å²) in [6.45, 7) is 12.2. The number of allylic oxidation sites excluding steroid dienone is 1. The number of unbranched alkanes of at least 4 members (excludes halogenated alkanes) is 6. The highest BCUT2D eigenvalue weighted by Gasteiger charge is 2.30.